The van der Waals surface area contributed by atoms with Crippen LogP contribution in [0, 0.1) is 11.3 Å². The van der Waals surface area contributed by atoms with Crippen molar-refractivity contribution >= 4 is 43.4 Å². The van der Waals surface area contributed by atoms with Crippen LogP contribution in [-0.4, -0.2) is 15.5 Å². The lowest BCUT2D eigenvalue weighted by molar-refractivity contribution is 0.414. The summed E-state index contributed by atoms with van der Waals surface area (Å²) in [5, 5.41) is 9.71. The van der Waals surface area contributed by atoms with Crippen molar-refractivity contribution in [1.29, 1.82) is 5.26 Å². The van der Waals surface area contributed by atoms with Gasteiger partial charge in [-0.2, -0.15) is 5.26 Å². The predicted molar refractivity (Wildman–Crippen MR) is 92.9 cm³/mol. The zero-order chi connectivity index (χ0) is 17.0. The summed E-state index contributed by atoms with van der Waals surface area (Å²) in [5.41, 5.74) is 0.482. The summed E-state index contributed by atoms with van der Waals surface area (Å²) in [5.74, 6) is 0.465. The molecule has 0 fully saturated rings. The minimum atomic E-state index is -3.93. The van der Waals surface area contributed by atoms with E-state index >= 15 is 0 Å². The van der Waals surface area contributed by atoms with Crippen molar-refractivity contribution in [3.8, 4) is 11.8 Å². The number of hydrogen-bond donors (Lipinski definition) is 0. The molecule has 0 heterocycles. The smallest absolute Gasteiger partial charge is 0.216 e. The summed E-state index contributed by atoms with van der Waals surface area (Å²) in [4.78, 5) is -0.375. The maximum absolute atomic E-state index is 12.6. The molecule has 0 spiro atoms. The molecule has 23 heavy (non-hydrogen) atoms. The van der Waals surface area contributed by atoms with E-state index in [1.54, 1.807) is 24.3 Å². The molecule has 7 heteroatoms. The Bertz CT molecular complexity index is 900. The molecular weight excluding hydrogens is 402 g/mol. The summed E-state index contributed by atoms with van der Waals surface area (Å²) in [6.45, 7) is 0. The maximum Gasteiger partial charge on any atom is 0.216 e. The van der Waals surface area contributed by atoms with Gasteiger partial charge in [-0.15, -0.1) is 0 Å². The molecule has 0 unspecified atom stereocenters. The predicted octanol–water partition coefficient (Wildman–Crippen LogP) is 4.45. The summed E-state index contributed by atoms with van der Waals surface area (Å²) in [6, 6.07) is 12.5. The second kappa shape index (κ2) is 7.18. The first kappa shape index (κ1) is 17.5. The molecule has 0 aliphatic rings. The highest BCUT2D eigenvalue weighted by molar-refractivity contribution is 9.10. The van der Waals surface area contributed by atoms with Gasteiger partial charge in [0.2, 0.25) is 9.84 Å². The fourth-order valence-electron chi connectivity index (χ4n) is 1.87. The van der Waals surface area contributed by atoms with Crippen LogP contribution >= 0.6 is 27.5 Å². The van der Waals surface area contributed by atoms with Gasteiger partial charge in [0.15, 0.2) is 0 Å². The molecule has 0 atom stereocenters. The van der Waals surface area contributed by atoms with E-state index in [9.17, 15) is 13.7 Å². The largest absolute Gasteiger partial charge is 0.496 e. The van der Waals surface area contributed by atoms with E-state index < -0.39 is 9.84 Å². The topological polar surface area (TPSA) is 67.2 Å². The van der Waals surface area contributed by atoms with Gasteiger partial charge in [0, 0.05) is 15.1 Å². The number of halogens is 2. The highest BCUT2D eigenvalue weighted by Gasteiger charge is 2.21. The highest BCUT2D eigenvalue weighted by atomic mass is 79.9. The third kappa shape index (κ3) is 3.94. The summed E-state index contributed by atoms with van der Waals surface area (Å²) >= 11 is 9.07. The minimum absolute atomic E-state index is 0.00339. The standard InChI is InChI=1S/C16H11BrClNO3S/c1-22-16-7-2-12(17)8-11(16)9-15(10-19)23(20,21)14-5-3-13(18)4-6-14/h2-9H,1H3/b15-9+. The van der Waals surface area contributed by atoms with E-state index in [-0.39, 0.29) is 9.80 Å². The van der Waals surface area contributed by atoms with Gasteiger partial charge in [-0.3, -0.25) is 0 Å². The molecule has 0 saturated carbocycles. The van der Waals surface area contributed by atoms with Gasteiger partial charge in [-0.05, 0) is 48.5 Å². The summed E-state index contributed by atoms with van der Waals surface area (Å²) < 4.78 is 31.1. The van der Waals surface area contributed by atoms with Crippen LogP contribution in [0.25, 0.3) is 6.08 Å². The van der Waals surface area contributed by atoms with Gasteiger partial charge < -0.3 is 4.74 Å². The first-order valence-electron chi connectivity index (χ1n) is 6.34. The van der Waals surface area contributed by atoms with Crippen molar-refractivity contribution in [1.82, 2.24) is 0 Å². The normalized spacial score (nSPS) is 11.8. The fraction of sp³-hybridized carbons (Fsp3) is 0.0625. The second-order valence-corrected chi connectivity index (χ2v) is 7.73. The third-order valence-electron chi connectivity index (χ3n) is 3.00. The molecule has 2 aromatic rings. The molecule has 0 aliphatic heterocycles. The number of benzene rings is 2. The van der Waals surface area contributed by atoms with Gasteiger partial charge in [0.1, 0.15) is 16.7 Å². The Balaban J connectivity index is 2.57. The molecule has 0 amide bonds. The second-order valence-electron chi connectivity index (χ2n) is 4.46. The molecule has 0 aliphatic carbocycles. The van der Waals surface area contributed by atoms with Crippen LogP contribution in [0.15, 0.2) is 56.7 Å². The molecule has 2 aromatic carbocycles. The minimum Gasteiger partial charge on any atom is -0.496 e. The summed E-state index contributed by atoms with van der Waals surface area (Å²) in [6.07, 6.45) is 1.29. The number of ether oxygens (including phenoxy) is 1. The zero-order valence-electron chi connectivity index (χ0n) is 12.0. The molecular formula is C16H11BrClNO3S. The molecule has 4 nitrogen and oxygen atoms in total. The van der Waals surface area contributed by atoms with E-state index in [1.807, 2.05) is 0 Å². The number of methoxy groups -OCH3 is 1. The number of nitrogens with zero attached hydrogens (tertiary/aromatic N) is 1. The lowest BCUT2D eigenvalue weighted by Crippen LogP contribution is -2.03. The molecule has 0 radical (unpaired) electrons. The first-order valence-corrected chi connectivity index (χ1v) is 9.00. The third-order valence-corrected chi connectivity index (χ3v) is 5.43. The number of nitriles is 1. The van der Waals surface area contributed by atoms with Gasteiger partial charge in [0.25, 0.3) is 0 Å². The zero-order valence-corrected chi connectivity index (χ0v) is 15.1. The molecule has 118 valence electrons. The Morgan fingerprint density at radius 2 is 1.91 bits per heavy atom. The van der Waals surface area contributed by atoms with Crippen LogP contribution in [-0.2, 0) is 9.84 Å². The van der Waals surface area contributed by atoms with Crippen LogP contribution in [0.4, 0.5) is 0 Å². The molecule has 2 rings (SSSR count). The number of allylic oxidation sites excluding steroid dienone is 1. The number of sulfone groups is 1. The molecule has 0 N–H and O–H groups in total. The van der Waals surface area contributed by atoms with Gasteiger partial charge in [0.05, 0.1) is 12.0 Å². The Morgan fingerprint density at radius 3 is 2.48 bits per heavy atom. The summed E-state index contributed by atoms with van der Waals surface area (Å²) in [7, 11) is -2.46. The lowest BCUT2D eigenvalue weighted by Gasteiger charge is -2.07. The van der Waals surface area contributed by atoms with E-state index in [1.165, 1.54) is 37.5 Å². The van der Waals surface area contributed by atoms with Crippen LogP contribution in [0.2, 0.25) is 5.02 Å². The van der Waals surface area contributed by atoms with E-state index in [0.29, 0.717) is 16.3 Å². The Hall–Kier alpha value is -1.81. The van der Waals surface area contributed by atoms with Crippen molar-refractivity contribution in [2.45, 2.75) is 4.90 Å². The van der Waals surface area contributed by atoms with E-state index in [2.05, 4.69) is 15.9 Å². The molecule has 0 saturated heterocycles. The van der Waals surface area contributed by atoms with Crippen molar-refractivity contribution in [2.75, 3.05) is 7.11 Å². The first-order chi connectivity index (χ1) is 10.9. The van der Waals surface area contributed by atoms with Crippen molar-refractivity contribution in [3.63, 3.8) is 0 Å². The Labute approximate surface area is 148 Å². The monoisotopic (exact) mass is 411 g/mol. The highest BCUT2D eigenvalue weighted by Crippen LogP contribution is 2.28. The Kier molecular flexibility index (Phi) is 5.47. The van der Waals surface area contributed by atoms with Crippen LogP contribution in [0.5, 0.6) is 5.75 Å². The number of hydrogen-bond acceptors (Lipinski definition) is 4. The van der Waals surface area contributed by atoms with Crippen molar-refractivity contribution in [3.05, 3.63) is 62.4 Å². The SMILES string of the molecule is COc1ccc(Br)cc1/C=C(\C#N)S(=O)(=O)c1ccc(Cl)cc1. The number of rotatable bonds is 4. The van der Waals surface area contributed by atoms with Gasteiger partial charge >= 0.3 is 0 Å². The Morgan fingerprint density at radius 1 is 1.26 bits per heavy atom. The molecule has 0 aromatic heterocycles. The van der Waals surface area contributed by atoms with Crippen molar-refractivity contribution < 1.29 is 13.2 Å². The van der Waals surface area contributed by atoms with E-state index in [4.69, 9.17) is 16.3 Å². The quantitative estimate of drug-likeness (QED) is 0.696. The van der Waals surface area contributed by atoms with Crippen LogP contribution in [0.1, 0.15) is 5.56 Å². The average Bonchev–Trinajstić information content (AvgIpc) is 2.53. The average molecular weight is 413 g/mol. The fourth-order valence-corrected chi connectivity index (χ4v) is 3.53. The van der Waals surface area contributed by atoms with Gasteiger partial charge in [-0.1, -0.05) is 27.5 Å². The van der Waals surface area contributed by atoms with Crippen LogP contribution in [0.3, 0.4) is 0 Å². The van der Waals surface area contributed by atoms with Crippen molar-refractivity contribution in [2.24, 2.45) is 0 Å². The molecule has 0 bridgehead atoms. The maximum atomic E-state index is 12.6. The van der Waals surface area contributed by atoms with Crippen LogP contribution < -0.4 is 4.74 Å². The van der Waals surface area contributed by atoms with Gasteiger partial charge in [-0.25, -0.2) is 8.42 Å². The van der Waals surface area contributed by atoms with E-state index in [0.717, 1.165) is 4.47 Å². The lowest BCUT2D eigenvalue weighted by atomic mass is 10.2.